The number of aliphatic imine (C=N–C) groups is 1. The highest BCUT2D eigenvalue weighted by Gasteiger charge is 2.29. The highest BCUT2D eigenvalue weighted by molar-refractivity contribution is 7.80. The second-order valence-corrected chi connectivity index (χ2v) is 10.2. The van der Waals surface area contributed by atoms with Gasteiger partial charge in [-0.15, -0.1) is 0 Å². The number of aliphatic hydroxyl groups excluding tert-OH is 2. The molecule has 0 aromatic rings. The van der Waals surface area contributed by atoms with Gasteiger partial charge >= 0.3 is 5.97 Å². The van der Waals surface area contributed by atoms with Gasteiger partial charge in [-0.2, -0.15) is 12.6 Å². The molecule has 0 radical (unpaired) electrons. The summed E-state index contributed by atoms with van der Waals surface area (Å²) in [5.74, 6) is -8.56. The van der Waals surface area contributed by atoms with Crippen molar-refractivity contribution in [3.8, 4) is 0 Å². The summed E-state index contributed by atoms with van der Waals surface area (Å²) in [6.07, 6.45) is -1.92. The van der Waals surface area contributed by atoms with E-state index in [1.54, 1.807) is 0 Å². The average Bonchev–Trinajstić information content (AvgIpc) is 2.99. The Morgan fingerprint density at radius 2 is 1.28 bits per heavy atom. The number of nitrogens with zero attached hydrogens (tertiary/aromatic N) is 1. The molecule has 22 nitrogen and oxygen atoms in total. The molecule has 0 aliphatic heterocycles. The van der Waals surface area contributed by atoms with Crippen LogP contribution in [0.3, 0.4) is 0 Å². The van der Waals surface area contributed by atoms with E-state index in [0.717, 1.165) is 0 Å². The summed E-state index contributed by atoms with van der Waals surface area (Å²) in [4.78, 5) is 101. The SMILES string of the molecule is C[C@@H](O)[C@H](N)C(=O)N[C@@H](CO)C(=O)N[C@@H](CS)C(=O)NCC(=O)N[C@@H](CCCN=C(N)N)C(=O)NCC(=O)N[C@@H](CC(=O)O)C(N)=O. The molecule has 0 spiro atoms. The number of aliphatic carboxylic acids is 1. The summed E-state index contributed by atoms with van der Waals surface area (Å²) in [5.41, 5.74) is 21.1. The lowest BCUT2D eigenvalue weighted by atomic mass is 10.1. The smallest absolute Gasteiger partial charge is 0.305 e. The summed E-state index contributed by atoms with van der Waals surface area (Å²) < 4.78 is 0. The van der Waals surface area contributed by atoms with E-state index in [0.29, 0.717) is 0 Å². The Labute approximate surface area is 274 Å². The van der Waals surface area contributed by atoms with E-state index in [-0.39, 0.29) is 31.1 Å². The predicted molar refractivity (Wildman–Crippen MR) is 166 cm³/mol. The summed E-state index contributed by atoms with van der Waals surface area (Å²) in [7, 11) is 0. The van der Waals surface area contributed by atoms with Crippen LogP contribution >= 0.6 is 12.6 Å². The van der Waals surface area contributed by atoms with Gasteiger partial charge in [0.2, 0.25) is 41.4 Å². The fraction of sp³-hybridized carbons (Fsp3) is 0.625. The van der Waals surface area contributed by atoms with E-state index in [4.69, 9.17) is 28.0 Å². The van der Waals surface area contributed by atoms with Crippen molar-refractivity contribution in [2.75, 3.05) is 32.0 Å². The molecule has 0 aliphatic rings. The fourth-order valence-electron chi connectivity index (χ4n) is 3.39. The molecule has 0 fully saturated rings. The van der Waals surface area contributed by atoms with Gasteiger partial charge < -0.3 is 70.2 Å². The third-order valence-electron chi connectivity index (χ3n) is 5.95. The summed E-state index contributed by atoms with van der Waals surface area (Å²) in [5, 5.41) is 41.0. The number of rotatable bonds is 22. The molecule has 0 bridgehead atoms. The largest absolute Gasteiger partial charge is 0.481 e. The number of nitrogens with one attached hydrogen (secondary N) is 6. The van der Waals surface area contributed by atoms with Gasteiger partial charge in [0.05, 0.1) is 32.2 Å². The van der Waals surface area contributed by atoms with Crippen LogP contribution in [0.15, 0.2) is 4.99 Å². The van der Waals surface area contributed by atoms with Crippen LogP contribution in [0, 0.1) is 0 Å². The molecule has 0 aromatic carbocycles. The molecule has 0 saturated heterocycles. The highest BCUT2D eigenvalue weighted by atomic mass is 32.1. The molecule has 23 heteroatoms. The van der Waals surface area contributed by atoms with Crippen LogP contribution in [-0.4, -0.2) is 137 Å². The number of nitrogens with two attached hydrogens (primary N) is 4. The molecule has 0 aromatic heterocycles. The van der Waals surface area contributed by atoms with Crippen molar-refractivity contribution in [2.45, 2.75) is 62.5 Å². The number of primary amides is 1. The number of thiol groups is 1. The molecule has 0 unspecified atom stereocenters. The molecule has 17 N–H and O–H groups in total. The highest BCUT2D eigenvalue weighted by Crippen LogP contribution is 2.00. The van der Waals surface area contributed by atoms with Crippen LogP contribution < -0.4 is 54.8 Å². The van der Waals surface area contributed by atoms with Crippen LogP contribution in [0.4, 0.5) is 0 Å². The van der Waals surface area contributed by atoms with E-state index in [2.05, 4.69) is 49.5 Å². The number of amides is 7. The van der Waals surface area contributed by atoms with E-state index in [9.17, 15) is 48.6 Å². The second kappa shape index (κ2) is 21.9. The number of carboxylic acid groups (broad SMARTS) is 1. The maximum absolute atomic E-state index is 12.8. The average molecular weight is 694 g/mol. The minimum Gasteiger partial charge on any atom is -0.481 e. The minimum atomic E-state index is -1.54. The number of guanidine groups is 1. The van der Waals surface area contributed by atoms with Crippen molar-refractivity contribution in [2.24, 2.45) is 27.9 Å². The lowest BCUT2D eigenvalue weighted by molar-refractivity contribution is -0.140. The first-order valence-electron chi connectivity index (χ1n) is 13.9. The first-order valence-corrected chi connectivity index (χ1v) is 14.5. The summed E-state index contributed by atoms with van der Waals surface area (Å²) in [6, 6.07) is -7.10. The molecule has 47 heavy (non-hydrogen) atoms. The van der Waals surface area contributed by atoms with Gasteiger partial charge in [-0.3, -0.25) is 43.3 Å². The van der Waals surface area contributed by atoms with Gasteiger partial charge in [0.15, 0.2) is 5.96 Å². The summed E-state index contributed by atoms with van der Waals surface area (Å²) >= 11 is 3.99. The van der Waals surface area contributed by atoms with Crippen molar-refractivity contribution in [3.63, 3.8) is 0 Å². The molecule has 0 rings (SSSR count). The molecule has 0 heterocycles. The van der Waals surface area contributed by atoms with Crippen LogP contribution in [0.2, 0.25) is 0 Å². The van der Waals surface area contributed by atoms with Crippen LogP contribution in [0.25, 0.3) is 0 Å². The molecular formula is C24H43N11O11S. The van der Waals surface area contributed by atoms with E-state index >= 15 is 0 Å². The minimum absolute atomic E-state index is 0.0465. The number of carboxylic acids is 1. The van der Waals surface area contributed by atoms with Crippen LogP contribution in [0.1, 0.15) is 26.2 Å². The normalized spacial score (nSPS) is 14.4. The predicted octanol–water partition coefficient (Wildman–Crippen LogP) is -8.20. The number of carbonyl (C=O) groups is 8. The Morgan fingerprint density at radius 1 is 0.766 bits per heavy atom. The van der Waals surface area contributed by atoms with Crippen molar-refractivity contribution in [3.05, 3.63) is 0 Å². The fourth-order valence-corrected chi connectivity index (χ4v) is 3.65. The third-order valence-corrected chi connectivity index (χ3v) is 6.32. The zero-order chi connectivity index (χ0) is 36.3. The molecule has 6 atom stereocenters. The van der Waals surface area contributed by atoms with Gasteiger partial charge in [-0.25, -0.2) is 0 Å². The van der Waals surface area contributed by atoms with Crippen molar-refractivity contribution in [1.29, 1.82) is 0 Å². The zero-order valence-corrected chi connectivity index (χ0v) is 26.3. The maximum atomic E-state index is 12.8. The molecule has 266 valence electrons. The number of carbonyl (C=O) groups excluding carboxylic acids is 7. The lowest BCUT2D eigenvalue weighted by Crippen LogP contribution is -2.59. The van der Waals surface area contributed by atoms with E-state index < -0.39 is 110 Å². The molecular weight excluding hydrogens is 650 g/mol. The van der Waals surface area contributed by atoms with Crippen molar-refractivity contribution in [1.82, 2.24) is 31.9 Å². The Hall–Kier alpha value is -4.74. The summed E-state index contributed by atoms with van der Waals surface area (Å²) in [6.45, 7) is -0.988. The first kappa shape index (κ1) is 42.3. The number of hydrogen-bond donors (Lipinski definition) is 14. The van der Waals surface area contributed by atoms with E-state index in [1.165, 1.54) is 6.92 Å². The van der Waals surface area contributed by atoms with Gasteiger partial charge in [0.25, 0.3) is 0 Å². The first-order chi connectivity index (χ1) is 21.9. The number of hydrogen-bond acceptors (Lipinski definition) is 13. The standard InChI is InChI=1S/C24H43N11O11S/c1-10(37)18(25)23(46)34-13(8-36)22(45)35-14(9-47)21(44)31-6-15(38)32-11(3-2-4-29-24(27)28)20(43)30-7-16(39)33-12(19(26)42)5-17(40)41/h10-14,18,36-37,47H,2-9,25H2,1H3,(H2,26,42)(H,30,43)(H,31,44)(H,32,38)(H,33,39)(H,34,46)(H,35,45)(H,40,41)(H4,27,28,29)/t10-,11+,12+,13+,14+,18+/m1/s1. The zero-order valence-electron chi connectivity index (χ0n) is 25.4. The Balaban J connectivity index is 5.29. The van der Waals surface area contributed by atoms with Gasteiger partial charge in [-0.1, -0.05) is 0 Å². The van der Waals surface area contributed by atoms with Gasteiger partial charge in [-0.05, 0) is 19.8 Å². The monoisotopic (exact) mass is 693 g/mol. The van der Waals surface area contributed by atoms with Crippen LogP contribution in [-0.2, 0) is 38.4 Å². The lowest BCUT2D eigenvalue weighted by Gasteiger charge is -2.23. The Kier molecular flexibility index (Phi) is 19.7. The Morgan fingerprint density at radius 3 is 1.72 bits per heavy atom. The molecule has 0 saturated carbocycles. The van der Waals surface area contributed by atoms with Gasteiger partial charge in [0.1, 0.15) is 30.2 Å². The Bertz CT molecular complexity index is 1170. The molecule has 7 amide bonds. The topological polar surface area (TPSA) is 386 Å². The van der Waals surface area contributed by atoms with E-state index in [1.807, 2.05) is 0 Å². The maximum Gasteiger partial charge on any atom is 0.305 e. The quantitative estimate of drug-likeness (QED) is 0.0217. The van der Waals surface area contributed by atoms with Gasteiger partial charge in [0, 0.05) is 12.3 Å². The van der Waals surface area contributed by atoms with Crippen LogP contribution in [0.5, 0.6) is 0 Å². The molecule has 0 aliphatic carbocycles. The second-order valence-electron chi connectivity index (χ2n) is 9.88. The van der Waals surface area contributed by atoms with Crippen molar-refractivity contribution < 1.29 is 53.7 Å². The third kappa shape index (κ3) is 17.5. The van der Waals surface area contributed by atoms with Crippen molar-refractivity contribution >= 4 is 65.9 Å². The number of aliphatic hydroxyl groups is 2.